The number of pyridine rings is 1. The maximum absolute atomic E-state index is 12.6. The van der Waals surface area contributed by atoms with Gasteiger partial charge >= 0.3 is 0 Å². The Kier molecular flexibility index (Phi) is 6.33. The lowest BCUT2D eigenvalue weighted by Crippen LogP contribution is -2.15. The van der Waals surface area contributed by atoms with E-state index in [1.165, 1.54) is 11.8 Å². The van der Waals surface area contributed by atoms with Gasteiger partial charge < -0.3 is 4.74 Å². The van der Waals surface area contributed by atoms with Crippen LogP contribution in [0.25, 0.3) is 11.3 Å². The second-order valence-corrected chi connectivity index (χ2v) is 8.95. The Labute approximate surface area is 205 Å². The molecule has 0 aliphatic rings. The molecule has 7 nitrogen and oxygen atoms in total. The number of aryl methyl sites for hydroxylation is 1. The first-order valence-electron chi connectivity index (χ1n) is 10.6. The van der Waals surface area contributed by atoms with E-state index >= 15 is 0 Å². The van der Waals surface area contributed by atoms with Gasteiger partial charge in [0.05, 0.1) is 10.7 Å². The van der Waals surface area contributed by atoms with Gasteiger partial charge in [0.1, 0.15) is 18.0 Å². The molecule has 0 bridgehead atoms. The average Bonchev–Trinajstić information content (AvgIpc) is 3.26. The van der Waals surface area contributed by atoms with Gasteiger partial charge in [0.25, 0.3) is 5.56 Å². The van der Waals surface area contributed by atoms with E-state index in [2.05, 4.69) is 15.2 Å². The molecule has 34 heavy (non-hydrogen) atoms. The fourth-order valence-electron chi connectivity index (χ4n) is 3.50. The number of nitrogens with zero attached hydrogens (tertiary/aromatic N) is 5. The SMILES string of the molecule is Cc1ccc2nc(CSc3nnc(COc4ccccc4Cl)n3-c3ccccc3)cc(=O)n2c1. The molecule has 2 aromatic carbocycles. The fraction of sp³-hybridized carbons (Fsp3) is 0.120. The van der Waals surface area contributed by atoms with Crippen molar-refractivity contribution in [1.82, 2.24) is 24.1 Å². The second kappa shape index (κ2) is 9.70. The monoisotopic (exact) mass is 489 g/mol. The molecule has 0 aliphatic heterocycles. The molecule has 0 fully saturated rings. The summed E-state index contributed by atoms with van der Waals surface area (Å²) in [7, 11) is 0. The van der Waals surface area contributed by atoms with Crippen LogP contribution in [-0.2, 0) is 12.4 Å². The molecule has 9 heteroatoms. The molecule has 0 spiro atoms. The van der Waals surface area contributed by atoms with E-state index in [9.17, 15) is 4.79 Å². The average molecular weight is 490 g/mol. The summed E-state index contributed by atoms with van der Waals surface area (Å²) in [6.07, 6.45) is 1.79. The summed E-state index contributed by atoms with van der Waals surface area (Å²) in [5.41, 5.74) is 3.10. The van der Waals surface area contributed by atoms with Crippen LogP contribution < -0.4 is 10.3 Å². The molecule has 0 saturated heterocycles. The van der Waals surface area contributed by atoms with Crippen LogP contribution in [0.2, 0.25) is 5.02 Å². The largest absolute Gasteiger partial charge is 0.484 e. The van der Waals surface area contributed by atoms with Gasteiger partial charge in [0.2, 0.25) is 0 Å². The van der Waals surface area contributed by atoms with Crippen molar-refractivity contribution in [3.05, 3.63) is 111 Å². The summed E-state index contributed by atoms with van der Waals surface area (Å²) in [6, 6.07) is 22.5. The number of hydrogen-bond acceptors (Lipinski definition) is 6. The minimum Gasteiger partial charge on any atom is -0.484 e. The van der Waals surface area contributed by atoms with Crippen LogP contribution in [0.4, 0.5) is 0 Å². The van der Waals surface area contributed by atoms with Gasteiger partial charge in [-0.25, -0.2) is 4.98 Å². The number of aromatic nitrogens is 5. The van der Waals surface area contributed by atoms with E-state index in [1.807, 2.05) is 72.2 Å². The van der Waals surface area contributed by atoms with E-state index in [0.29, 0.717) is 38.8 Å². The molecule has 170 valence electrons. The molecular formula is C25H20ClN5O2S. The summed E-state index contributed by atoms with van der Waals surface area (Å²) in [6.45, 7) is 2.14. The first-order valence-corrected chi connectivity index (χ1v) is 11.9. The van der Waals surface area contributed by atoms with E-state index in [-0.39, 0.29) is 12.2 Å². The van der Waals surface area contributed by atoms with Gasteiger partial charge in [-0.3, -0.25) is 13.8 Å². The van der Waals surface area contributed by atoms with Gasteiger partial charge in [-0.2, -0.15) is 0 Å². The Morgan fingerprint density at radius 3 is 2.62 bits per heavy atom. The zero-order valence-electron chi connectivity index (χ0n) is 18.3. The molecule has 0 saturated carbocycles. The van der Waals surface area contributed by atoms with Gasteiger partial charge in [-0.05, 0) is 42.8 Å². The quantitative estimate of drug-likeness (QED) is 0.296. The van der Waals surface area contributed by atoms with E-state index in [0.717, 1.165) is 11.3 Å². The van der Waals surface area contributed by atoms with Crippen molar-refractivity contribution in [3.63, 3.8) is 0 Å². The number of thioether (sulfide) groups is 1. The molecule has 3 heterocycles. The predicted octanol–water partition coefficient (Wildman–Crippen LogP) is 5.11. The van der Waals surface area contributed by atoms with Crippen LogP contribution >= 0.6 is 23.4 Å². The lowest BCUT2D eigenvalue weighted by atomic mass is 10.3. The second-order valence-electron chi connectivity index (χ2n) is 7.60. The zero-order valence-corrected chi connectivity index (χ0v) is 19.8. The normalized spacial score (nSPS) is 11.1. The smallest absolute Gasteiger partial charge is 0.258 e. The Bertz CT molecular complexity index is 1520. The third-order valence-corrected chi connectivity index (χ3v) is 6.39. The molecule has 0 unspecified atom stereocenters. The third-order valence-electron chi connectivity index (χ3n) is 5.12. The number of fused-ring (bicyclic) bond motifs is 1. The number of benzene rings is 2. The summed E-state index contributed by atoms with van der Waals surface area (Å²) >= 11 is 7.68. The standard InChI is InChI=1S/C25H20ClN5O2S/c1-17-11-12-22-27-18(13-24(32)30(22)14-17)16-34-25-29-28-23(31(25)19-7-3-2-4-8-19)15-33-21-10-6-5-9-20(21)26/h2-14H,15-16H2,1H3. The first kappa shape index (κ1) is 22.2. The highest BCUT2D eigenvalue weighted by Crippen LogP contribution is 2.27. The Morgan fingerprint density at radius 2 is 1.79 bits per heavy atom. The molecule has 0 radical (unpaired) electrons. The van der Waals surface area contributed by atoms with Crippen LogP contribution in [0, 0.1) is 6.92 Å². The minimum absolute atomic E-state index is 0.109. The number of hydrogen-bond donors (Lipinski definition) is 0. The molecular weight excluding hydrogens is 470 g/mol. The maximum Gasteiger partial charge on any atom is 0.258 e. The molecule has 5 aromatic rings. The predicted molar refractivity (Wildman–Crippen MR) is 133 cm³/mol. The maximum atomic E-state index is 12.6. The highest BCUT2D eigenvalue weighted by molar-refractivity contribution is 7.98. The third kappa shape index (κ3) is 4.69. The van der Waals surface area contributed by atoms with E-state index < -0.39 is 0 Å². The van der Waals surface area contributed by atoms with Gasteiger partial charge in [0, 0.05) is 23.7 Å². The zero-order chi connectivity index (χ0) is 23.5. The molecule has 0 atom stereocenters. The lowest BCUT2D eigenvalue weighted by molar-refractivity contribution is 0.293. The molecule has 0 amide bonds. The summed E-state index contributed by atoms with van der Waals surface area (Å²) in [4.78, 5) is 17.2. The lowest BCUT2D eigenvalue weighted by Gasteiger charge is -2.12. The fourth-order valence-corrected chi connectivity index (χ4v) is 4.55. The van der Waals surface area contributed by atoms with Crippen LogP contribution in [0.1, 0.15) is 17.1 Å². The first-order chi connectivity index (χ1) is 16.6. The van der Waals surface area contributed by atoms with Gasteiger partial charge in [-0.15, -0.1) is 10.2 Å². The van der Waals surface area contributed by atoms with Crippen molar-refractivity contribution in [2.75, 3.05) is 0 Å². The molecule has 0 aliphatic carbocycles. The molecule has 5 rings (SSSR count). The van der Waals surface area contributed by atoms with Gasteiger partial charge in [0.15, 0.2) is 11.0 Å². The van der Waals surface area contributed by atoms with Crippen molar-refractivity contribution < 1.29 is 4.74 Å². The number of para-hydroxylation sites is 2. The molecule has 0 N–H and O–H groups in total. The minimum atomic E-state index is -0.109. The van der Waals surface area contributed by atoms with Crippen LogP contribution in [0.3, 0.4) is 0 Å². The summed E-state index contributed by atoms with van der Waals surface area (Å²) < 4.78 is 9.41. The highest BCUT2D eigenvalue weighted by Gasteiger charge is 2.16. The van der Waals surface area contributed by atoms with Gasteiger partial charge in [-0.1, -0.05) is 59.8 Å². The highest BCUT2D eigenvalue weighted by atomic mass is 35.5. The van der Waals surface area contributed by atoms with E-state index in [1.54, 1.807) is 22.7 Å². The Hall–Kier alpha value is -3.62. The van der Waals surface area contributed by atoms with Crippen LogP contribution in [0.5, 0.6) is 5.75 Å². The molecule has 3 aromatic heterocycles. The van der Waals surface area contributed by atoms with Crippen LogP contribution in [-0.4, -0.2) is 24.1 Å². The number of rotatable bonds is 7. The van der Waals surface area contributed by atoms with Crippen LogP contribution in [0.15, 0.2) is 88.9 Å². The van der Waals surface area contributed by atoms with E-state index in [4.69, 9.17) is 16.3 Å². The van der Waals surface area contributed by atoms with Crippen molar-refractivity contribution >= 4 is 29.0 Å². The van der Waals surface area contributed by atoms with Crippen molar-refractivity contribution in [2.45, 2.75) is 24.4 Å². The Morgan fingerprint density at radius 1 is 1.00 bits per heavy atom. The Balaban J connectivity index is 1.42. The summed E-state index contributed by atoms with van der Waals surface area (Å²) in [5, 5.41) is 9.96. The number of halogens is 1. The van der Waals surface area contributed by atoms with Crippen molar-refractivity contribution in [2.24, 2.45) is 0 Å². The number of ether oxygens (including phenoxy) is 1. The van der Waals surface area contributed by atoms with Crippen molar-refractivity contribution in [3.8, 4) is 11.4 Å². The summed E-state index contributed by atoms with van der Waals surface area (Å²) in [5.74, 6) is 1.68. The van der Waals surface area contributed by atoms with Crippen molar-refractivity contribution in [1.29, 1.82) is 0 Å². The topological polar surface area (TPSA) is 74.3 Å².